The molecule has 1 aliphatic heterocycles. The van der Waals surface area contributed by atoms with Crippen molar-refractivity contribution in [3.8, 4) is 11.4 Å². The van der Waals surface area contributed by atoms with E-state index in [0.29, 0.717) is 17.0 Å². The molecule has 0 aliphatic carbocycles. The standard InChI is InChI=1S/C18H15ClN6O2S/c19-16-6-5-15(28-16)18(27)21-9-12-11-25(23-22-12)14-3-1-13(2-4-14)24-8-7-20-10-17(24)26/h1-5,7-8,10-11,16H,6,9H2,(H,21,27). The van der Waals surface area contributed by atoms with Crippen LogP contribution in [0.4, 0.5) is 0 Å². The first-order valence-electron chi connectivity index (χ1n) is 8.44. The maximum Gasteiger partial charge on any atom is 0.273 e. The number of allylic oxidation sites excluding steroid dienone is 1. The van der Waals surface area contributed by atoms with E-state index in [4.69, 9.17) is 11.6 Å². The number of hydrogen-bond acceptors (Lipinski definition) is 6. The molecule has 1 unspecified atom stereocenters. The average Bonchev–Trinajstić information content (AvgIpc) is 3.36. The molecule has 28 heavy (non-hydrogen) atoms. The molecule has 1 aliphatic rings. The topological polar surface area (TPSA) is 94.7 Å². The van der Waals surface area contributed by atoms with Gasteiger partial charge in [0.2, 0.25) is 0 Å². The molecule has 1 amide bonds. The highest BCUT2D eigenvalue weighted by Gasteiger charge is 2.20. The molecule has 10 heteroatoms. The van der Waals surface area contributed by atoms with Crippen LogP contribution in [0.3, 0.4) is 0 Å². The third-order valence-corrected chi connectivity index (χ3v) is 5.55. The zero-order chi connectivity index (χ0) is 19.5. The lowest BCUT2D eigenvalue weighted by molar-refractivity contribution is -0.117. The Hall–Kier alpha value is -2.91. The van der Waals surface area contributed by atoms with Crippen LogP contribution >= 0.6 is 23.4 Å². The van der Waals surface area contributed by atoms with Crippen molar-refractivity contribution >= 4 is 29.3 Å². The Morgan fingerprint density at radius 1 is 1.29 bits per heavy atom. The Bertz CT molecular complexity index is 1090. The van der Waals surface area contributed by atoms with Gasteiger partial charge in [-0.05, 0) is 30.7 Å². The Labute approximate surface area is 169 Å². The van der Waals surface area contributed by atoms with Crippen molar-refractivity contribution in [2.24, 2.45) is 0 Å². The van der Waals surface area contributed by atoms with Crippen molar-refractivity contribution in [3.05, 3.63) is 76.1 Å². The summed E-state index contributed by atoms with van der Waals surface area (Å²) in [5.74, 6) is -0.158. The Morgan fingerprint density at radius 2 is 2.07 bits per heavy atom. The monoisotopic (exact) mass is 414 g/mol. The molecular weight excluding hydrogens is 400 g/mol. The third-order valence-electron chi connectivity index (χ3n) is 4.05. The predicted octanol–water partition coefficient (Wildman–Crippen LogP) is 2.02. The molecule has 0 spiro atoms. The summed E-state index contributed by atoms with van der Waals surface area (Å²) in [6.07, 6.45) is 8.70. The fourth-order valence-corrected chi connectivity index (χ4v) is 3.89. The van der Waals surface area contributed by atoms with Crippen LogP contribution in [0.25, 0.3) is 11.4 Å². The number of rotatable bonds is 5. The Kier molecular flexibility index (Phi) is 5.27. The van der Waals surface area contributed by atoms with E-state index in [-0.39, 0.29) is 22.7 Å². The van der Waals surface area contributed by atoms with Crippen molar-refractivity contribution in [2.45, 2.75) is 17.7 Å². The second kappa shape index (κ2) is 7.99. The highest BCUT2D eigenvalue weighted by atomic mass is 35.5. The Morgan fingerprint density at radius 3 is 2.79 bits per heavy atom. The van der Waals surface area contributed by atoms with E-state index in [2.05, 4.69) is 20.6 Å². The van der Waals surface area contributed by atoms with Crippen LogP contribution in [-0.2, 0) is 11.3 Å². The maximum atomic E-state index is 12.1. The van der Waals surface area contributed by atoms with Crippen LogP contribution in [0.1, 0.15) is 12.1 Å². The molecular formula is C18H15ClN6O2S. The lowest BCUT2D eigenvalue weighted by Gasteiger charge is -2.06. The maximum absolute atomic E-state index is 12.1. The molecule has 0 bridgehead atoms. The number of alkyl halides is 1. The summed E-state index contributed by atoms with van der Waals surface area (Å²) < 4.78 is 3.03. The molecule has 8 nitrogen and oxygen atoms in total. The first-order chi connectivity index (χ1) is 13.6. The molecule has 0 saturated carbocycles. The summed E-state index contributed by atoms with van der Waals surface area (Å²) in [5.41, 5.74) is 1.94. The van der Waals surface area contributed by atoms with Gasteiger partial charge in [-0.15, -0.1) is 28.5 Å². The van der Waals surface area contributed by atoms with E-state index < -0.39 is 0 Å². The van der Waals surface area contributed by atoms with E-state index in [1.807, 2.05) is 30.3 Å². The smallest absolute Gasteiger partial charge is 0.273 e. The minimum absolute atomic E-state index is 0.0763. The molecule has 1 N–H and O–H groups in total. The number of carbonyl (C=O) groups excluding carboxylic acids is 1. The van der Waals surface area contributed by atoms with Gasteiger partial charge in [0.05, 0.1) is 34.2 Å². The van der Waals surface area contributed by atoms with Crippen molar-refractivity contribution in [2.75, 3.05) is 0 Å². The van der Waals surface area contributed by atoms with Gasteiger partial charge in [-0.1, -0.05) is 11.3 Å². The van der Waals surface area contributed by atoms with Gasteiger partial charge in [-0.25, -0.2) is 4.68 Å². The zero-order valence-electron chi connectivity index (χ0n) is 14.5. The summed E-state index contributed by atoms with van der Waals surface area (Å²) in [4.78, 5) is 28.4. The van der Waals surface area contributed by atoms with Crippen LogP contribution in [-0.4, -0.2) is 35.2 Å². The number of aromatic nitrogens is 5. The van der Waals surface area contributed by atoms with Gasteiger partial charge in [0, 0.05) is 18.1 Å². The van der Waals surface area contributed by atoms with Gasteiger partial charge in [0.1, 0.15) is 5.69 Å². The van der Waals surface area contributed by atoms with Crippen molar-refractivity contribution in [1.29, 1.82) is 0 Å². The van der Waals surface area contributed by atoms with Gasteiger partial charge in [0.15, 0.2) is 0 Å². The molecule has 0 radical (unpaired) electrons. The average molecular weight is 415 g/mol. The van der Waals surface area contributed by atoms with E-state index in [9.17, 15) is 9.59 Å². The molecule has 2 aromatic heterocycles. The van der Waals surface area contributed by atoms with E-state index in [1.54, 1.807) is 23.3 Å². The SMILES string of the molecule is O=C(NCc1cn(-c2ccc(-n3ccncc3=O)cc2)nn1)C1=CCC(Cl)S1. The van der Waals surface area contributed by atoms with Crippen LogP contribution < -0.4 is 10.9 Å². The molecule has 1 aromatic carbocycles. The molecule has 0 fully saturated rings. The van der Waals surface area contributed by atoms with Gasteiger partial charge in [-0.2, -0.15) is 0 Å². The molecule has 1 atom stereocenters. The number of halogens is 1. The van der Waals surface area contributed by atoms with Crippen molar-refractivity contribution in [1.82, 2.24) is 29.9 Å². The first kappa shape index (κ1) is 18.5. The number of nitrogens with one attached hydrogen (secondary N) is 1. The highest BCUT2D eigenvalue weighted by molar-refractivity contribution is 8.05. The van der Waals surface area contributed by atoms with Crippen LogP contribution in [0.5, 0.6) is 0 Å². The molecule has 0 saturated heterocycles. The lowest BCUT2D eigenvalue weighted by Crippen LogP contribution is -2.23. The normalized spacial score (nSPS) is 16.0. The highest BCUT2D eigenvalue weighted by Crippen LogP contribution is 2.34. The summed E-state index contributed by atoms with van der Waals surface area (Å²) >= 11 is 7.34. The minimum atomic E-state index is -0.204. The predicted molar refractivity (Wildman–Crippen MR) is 107 cm³/mol. The van der Waals surface area contributed by atoms with Crippen LogP contribution in [0, 0.1) is 0 Å². The van der Waals surface area contributed by atoms with Gasteiger partial charge in [0.25, 0.3) is 11.5 Å². The van der Waals surface area contributed by atoms with E-state index in [0.717, 1.165) is 11.4 Å². The van der Waals surface area contributed by atoms with Gasteiger partial charge >= 0.3 is 0 Å². The first-order valence-corrected chi connectivity index (χ1v) is 9.75. The van der Waals surface area contributed by atoms with E-state index in [1.165, 1.54) is 22.5 Å². The quantitative estimate of drug-likeness (QED) is 0.642. The number of amides is 1. The van der Waals surface area contributed by atoms with Crippen LogP contribution in [0.2, 0.25) is 0 Å². The second-order valence-electron chi connectivity index (χ2n) is 5.97. The summed E-state index contributed by atoms with van der Waals surface area (Å²) in [7, 11) is 0. The Balaban J connectivity index is 1.42. The minimum Gasteiger partial charge on any atom is -0.346 e. The summed E-state index contributed by atoms with van der Waals surface area (Å²) in [5, 5.41) is 11.0. The number of carbonyl (C=O) groups is 1. The number of nitrogens with zero attached hydrogens (tertiary/aromatic N) is 5. The van der Waals surface area contributed by atoms with Crippen molar-refractivity contribution < 1.29 is 4.79 Å². The molecule has 4 rings (SSSR count). The van der Waals surface area contributed by atoms with Gasteiger partial charge < -0.3 is 5.32 Å². The van der Waals surface area contributed by atoms with Gasteiger partial charge in [-0.3, -0.25) is 19.1 Å². The summed E-state index contributed by atoms with van der Waals surface area (Å²) in [6, 6.07) is 7.29. The number of hydrogen-bond donors (Lipinski definition) is 1. The number of thioether (sulfide) groups is 1. The third kappa shape index (κ3) is 4.00. The molecule has 3 aromatic rings. The molecule has 3 heterocycles. The largest absolute Gasteiger partial charge is 0.346 e. The second-order valence-corrected chi connectivity index (χ2v) is 8.00. The zero-order valence-corrected chi connectivity index (χ0v) is 16.1. The van der Waals surface area contributed by atoms with Crippen LogP contribution in [0.15, 0.2) is 64.8 Å². The fraction of sp³-hybridized carbons (Fsp3) is 0.167. The van der Waals surface area contributed by atoms with E-state index >= 15 is 0 Å². The van der Waals surface area contributed by atoms with Crippen molar-refractivity contribution in [3.63, 3.8) is 0 Å². The summed E-state index contributed by atoms with van der Waals surface area (Å²) in [6.45, 7) is 0.272. The fourth-order valence-electron chi connectivity index (χ4n) is 2.67. The molecule has 142 valence electrons. The number of benzene rings is 1. The lowest BCUT2D eigenvalue weighted by atomic mass is 10.2.